The molecule has 0 saturated carbocycles. The number of benzene rings is 6. The maximum Gasteiger partial charge on any atom is 0.314 e. The van der Waals surface area contributed by atoms with Crippen molar-refractivity contribution in [1.29, 1.82) is 0 Å². The van der Waals surface area contributed by atoms with Gasteiger partial charge in [0, 0.05) is 40.3 Å². The van der Waals surface area contributed by atoms with Crippen LogP contribution < -0.4 is 14.8 Å². The average Bonchev–Trinajstić information content (AvgIpc) is 3.20. The number of nitro benzene ring substituents is 2. The smallest absolute Gasteiger partial charge is 0.314 e. The Labute approximate surface area is 363 Å². The number of phenols is 2. The number of phenolic OH excluding ortho intramolecular Hbond substituents is 2. The van der Waals surface area contributed by atoms with Crippen LogP contribution in [0.2, 0.25) is 0 Å². The minimum atomic E-state index is -5.26. The summed E-state index contributed by atoms with van der Waals surface area (Å²) in [5.41, 5.74) is -4.88. The van der Waals surface area contributed by atoms with E-state index in [-0.39, 0.29) is 38.7 Å². The summed E-state index contributed by atoms with van der Waals surface area (Å²) in [6.07, 6.45) is 0. The van der Waals surface area contributed by atoms with Crippen LogP contribution in [0.3, 0.4) is 0 Å². The molecule has 0 saturated heterocycles. The zero-order chi connectivity index (χ0) is 48.1. The third kappa shape index (κ3) is 9.55. The normalized spacial score (nSPS) is 12.6. The van der Waals surface area contributed by atoms with Gasteiger partial charge in [0.2, 0.25) is 5.75 Å². The van der Waals surface area contributed by atoms with Gasteiger partial charge in [-0.25, -0.2) is 0 Å². The van der Waals surface area contributed by atoms with E-state index in [0.29, 0.717) is 24.3 Å². The molecule has 0 atom stereocenters. The first kappa shape index (κ1) is 47.0. The molecule has 0 aliphatic heterocycles. The summed E-state index contributed by atoms with van der Waals surface area (Å²) in [5, 5.41) is 62.1. The first-order valence-electron chi connectivity index (χ1n) is 17.0. The number of non-ortho nitro benzene ring substituents is 1. The number of azo groups is 2. The van der Waals surface area contributed by atoms with Crippen LogP contribution in [0.25, 0.3) is 21.5 Å². The summed E-state index contributed by atoms with van der Waals surface area (Å²) in [6, 6.07) is 11.7. The van der Waals surface area contributed by atoms with Gasteiger partial charge in [0.25, 0.3) is 46.2 Å². The lowest BCUT2D eigenvalue weighted by Gasteiger charge is -2.14. The molecule has 7 N–H and O–H groups in total. The standard InChI is InChI=1S/C34H25N7O20S4/c1-60-33-22-6-4-18(8-16(22)10-27(64(54,55)56)30(33)39-36-23-11-19(40(44)45)12-28(32(23)43)65(57,58)59)35-17-3-5-21-15(7-17)9-26(63(51,52)53)29(31(21)42)38-37-24-13-20(62(48,49)50)14-25(41(46)47)34(24)61-2/h3-14,35,42-43H,1-2H3,(H,48,49,50)(H,51,52,53)(H,54,55,56)(H,57,58,59). The quantitative estimate of drug-likeness (QED) is 0.0255. The van der Waals surface area contributed by atoms with E-state index in [1.54, 1.807) is 0 Å². The van der Waals surface area contributed by atoms with Crippen LogP contribution >= 0.6 is 0 Å². The lowest BCUT2D eigenvalue weighted by molar-refractivity contribution is -0.385. The fraction of sp³-hybridized carbons (Fsp3) is 0.0588. The van der Waals surface area contributed by atoms with Crippen LogP contribution in [0.1, 0.15) is 0 Å². The summed E-state index contributed by atoms with van der Waals surface area (Å²) >= 11 is 0. The van der Waals surface area contributed by atoms with E-state index in [4.69, 9.17) is 9.47 Å². The summed E-state index contributed by atoms with van der Waals surface area (Å²) in [6.45, 7) is 0. The van der Waals surface area contributed by atoms with Crippen molar-refractivity contribution in [1.82, 2.24) is 0 Å². The van der Waals surface area contributed by atoms with Crippen molar-refractivity contribution in [3.63, 3.8) is 0 Å². The van der Waals surface area contributed by atoms with Crippen LogP contribution in [0.4, 0.5) is 45.5 Å². The van der Waals surface area contributed by atoms with Crippen LogP contribution in [0, 0.1) is 20.2 Å². The molecule has 0 aliphatic rings. The van der Waals surface area contributed by atoms with Crippen molar-refractivity contribution in [2.75, 3.05) is 19.5 Å². The summed E-state index contributed by atoms with van der Waals surface area (Å²) in [7, 11) is -18.8. The van der Waals surface area contributed by atoms with Crippen molar-refractivity contribution in [3.05, 3.63) is 93.0 Å². The summed E-state index contributed by atoms with van der Waals surface area (Å²) in [5.74, 6) is -3.26. The number of methoxy groups -OCH3 is 2. The van der Waals surface area contributed by atoms with E-state index in [2.05, 4.69) is 25.8 Å². The molecule has 65 heavy (non-hydrogen) atoms. The maximum atomic E-state index is 12.6. The second-order valence-corrected chi connectivity index (χ2v) is 18.5. The molecular weight excluding hydrogens is 955 g/mol. The molecule has 6 aromatic carbocycles. The van der Waals surface area contributed by atoms with E-state index in [0.717, 1.165) is 26.4 Å². The van der Waals surface area contributed by atoms with Crippen molar-refractivity contribution in [2.24, 2.45) is 20.5 Å². The number of hydrogen-bond donors (Lipinski definition) is 7. The first-order chi connectivity index (χ1) is 30.1. The van der Waals surface area contributed by atoms with Crippen LogP contribution in [0.5, 0.6) is 23.0 Å². The van der Waals surface area contributed by atoms with Gasteiger partial charge >= 0.3 is 5.69 Å². The number of anilines is 2. The fourth-order valence-corrected chi connectivity index (χ4v) is 8.56. The lowest BCUT2D eigenvalue weighted by Crippen LogP contribution is -2.01. The van der Waals surface area contributed by atoms with Crippen LogP contribution in [-0.4, -0.2) is 86.2 Å². The Morgan fingerprint density at radius 3 is 1.55 bits per heavy atom. The van der Waals surface area contributed by atoms with E-state index in [1.165, 1.54) is 36.4 Å². The Morgan fingerprint density at radius 2 is 1.05 bits per heavy atom. The van der Waals surface area contributed by atoms with Gasteiger partial charge in [-0.2, -0.15) is 33.7 Å². The molecule has 0 radical (unpaired) electrons. The molecule has 27 nitrogen and oxygen atoms in total. The highest BCUT2D eigenvalue weighted by molar-refractivity contribution is 7.86. The maximum absolute atomic E-state index is 12.6. The number of nitrogens with zero attached hydrogens (tertiary/aromatic N) is 6. The number of nitrogens with one attached hydrogen (secondary N) is 1. The number of rotatable bonds is 14. The number of ether oxygens (including phenoxy) is 2. The van der Waals surface area contributed by atoms with Gasteiger partial charge in [0.05, 0.1) is 24.1 Å². The van der Waals surface area contributed by atoms with Crippen molar-refractivity contribution >= 4 is 108 Å². The van der Waals surface area contributed by atoms with E-state index < -0.39 is 121 Å². The largest absolute Gasteiger partial charge is 0.505 e. The van der Waals surface area contributed by atoms with Crippen molar-refractivity contribution in [3.8, 4) is 23.0 Å². The van der Waals surface area contributed by atoms with Gasteiger partial charge in [-0.3, -0.25) is 38.4 Å². The van der Waals surface area contributed by atoms with E-state index >= 15 is 0 Å². The lowest BCUT2D eigenvalue weighted by atomic mass is 10.1. The second kappa shape index (κ2) is 16.9. The Hall–Kier alpha value is -7.52. The predicted octanol–water partition coefficient (Wildman–Crippen LogP) is 6.80. The highest BCUT2D eigenvalue weighted by Crippen LogP contribution is 2.47. The zero-order valence-corrected chi connectivity index (χ0v) is 35.4. The summed E-state index contributed by atoms with van der Waals surface area (Å²) in [4.78, 5) is 16.5. The third-order valence-electron chi connectivity index (χ3n) is 8.90. The van der Waals surface area contributed by atoms with Gasteiger partial charge in [-0.15, -0.1) is 20.5 Å². The van der Waals surface area contributed by atoms with Gasteiger partial charge < -0.3 is 25.0 Å². The molecule has 6 rings (SSSR count). The van der Waals surface area contributed by atoms with Crippen molar-refractivity contribution in [2.45, 2.75) is 19.6 Å². The average molecular weight is 980 g/mol. The molecule has 0 amide bonds. The minimum Gasteiger partial charge on any atom is -0.505 e. The van der Waals surface area contributed by atoms with E-state index in [1.807, 2.05) is 0 Å². The molecule has 0 aromatic heterocycles. The molecular formula is C34H25N7O20S4. The van der Waals surface area contributed by atoms with Gasteiger partial charge in [0.1, 0.15) is 42.3 Å². The minimum absolute atomic E-state index is 0.0384. The molecule has 31 heteroatoms. The SMILES string of the molecule is COc1c(N=Nc2c(S(=O)(=O)O)cc3cc(Nc4ccc5c(OC)c(N=Nc6cc([N+](=O)[O-])cc(S(=O)(=O)O)c6O)c(S(=O)(=O)O)cc5c4)ccc3c2O)cc(S(=O)(=O)O)cc1[N+](=O)[O-]. The highest BCUT2D eigenvalue weighted by atomic mass is 32.2. The fourth-order valence-electron chi connectivity index (χ4n) is 6.11. The molecule has 6 aromatic rings. The Kier molecular flexibility index (Phi) is 12.2. The Bertz CT molecular complexity index is 3590. The molecule has 0 spiro atoms. The molecule has 0 unspecified atom stereocenters. The van der Waals surface area contributed by atoms with Gasteiger partial charge in [-0.1, -0.05) is 0 Å². The number of aromatic hydroxyl groups is 2. The number of fused-ring (bicyclic) bond motifs is 2. The Balaban J connectivity index is 1.43. The van der Waals surface area contributed by atoms with Gasteiger partial charge in [-0.05, 0) is 65.4 Å². The molecule has 0 fully saturated rings. The zero-order valence-electron chi connectivity index (χ0n) is 32.1. The van der Waals surface area contributed by atoms with Crippen LogP contribution in [0.15, 0.2) is 113 Å². The molecule has 340 valence electrons. The summed E-state index contributed by atoms with van der Waals surface area (Å²) < 4.78 is 147. The number of nitro groups is 2. The van der Waals surface area contributed by atoms with Crippen LogP contribution in [-0.2, 0) is 40.5 Å². The van der Waals surface area contributed by atoms with Gasteiger partial charge in [0.15, 0.2) is 17.2 Å². The number of hydrogen-bond acceptors (Lipinski definition) is 21. The topological polar surface area (TPSA) is 424 Å². The third-order valence-corrected chi connectivity index (χ3v) is 12.3. The molecule has 0 aliphatic carbocycles. The molecule has 0 heterocycles. The van der Waals surface area contributed by atoms with Crippen molar-refractivity contribution < 1.29 is 81.4 Å². The Morgan fingerprint density at radius 1 is 0.538 bits per heavy atom. The molecule has 0 bridgehead atoms. The highest BCUT2D eigenvalue weighted by Gasteiger charge is 2.29. The predicted molar refractivity (Wildman–Crippen MR) is 221 cm³/mol. The van der Waals surface area contributed by atoms with E-state index in [9.17, 15) is 82.3 Å². The second-order valence-electron chi connectivity index (χ2n) is 12.9. The first-order valence-corrected chi connectivity index (χ1v) is 22.7. The monoisotopic (exact) mass is 979 g/mol.